The molecule has 84 valence electrons. The number of hydrogen-bond acceptors (Lipinski definition) is 0. The molecule has 4 heteroatoms. The van der Waals surface area contributed by atoms with Gasteiger partial charge in [0.05, 0.1) is 5.56 Å². The molecule has 1 atom stereocenters. The zero-order valence-electron chi connectivity index (χ0n) is 8.31. The standard InChI is InChI=1S/C11H12BrF3/c1-8(12)6-7-9-4-2-3-5-10(9)11(13,14)15/h2-5,8H,6-7H2,1H3. The summed E-state index contributed by atoms with van der Waals surface area (Å²) in [7, 11) is 0. The Balaban J connectivity index is 2.87. The maximum Gasteiger partial charge on any atom is 0.416 e. The quantitative estimate of drug-likeness (QED) is 0.719. The summed E-state index contributed by atoms with van der Waals surface area (Å²) < 4.78 is 37.7. The van der Waals surface area contributed by atoms with Crippen molar-refractivity contribution in [2.75, 3.05) is 0 Å². The van der Waals surface area contributed by atoms with Crippen LogP contribution in [0.1, 0.15) is 24.5 Å². The Morgan fingerprint density at radius 1 is 1.27 bits per heavy atom. The molecule has 0 aromatic heterocycles. The van der Waals surface area contributed by atoms with Crippen LogP contribution >= 0.6 is 15.9 Å². The number of halogens is 4. The molecule has 0 radical (unpaired) electrons. The molecule has 15 heavy (non-hydrogen) atoms. The molecule has 0 saturated carbocycles. The van der Waals surface area contributed by atoms with Gasteiger partial charge in [0.15, 0.2) is 0 Å². The second kappa shape index (κ2) is 5.01. The average molecular weight is 281 g/mol. The van der Waals surface area contributed by atoms with Gasteiger partial charge in [-0.15, -0.1) is 0 Å². The van der Waals surface area contributed by atoms with E-state index in [1.807, 2.05) is 6.92 Å². The second-order valence-electron chi connectivity index (χ2n) is 3.47. The van der Waals surface area contributed by atoms with Crippen molar-refractivity contribution in [2.45, 2.75) is 30.8 Å². The highest BCUT2D eigenvalue weighted by molar-refractivity contribution is 9.09. The fraction of sp³-hybridized carbons (Fsp3) is 0.455. The predicted octanol–water partition coefficient (Wildman–Crippen LogP) is 4.42. The van der Waals surface area contributed by atoms with Crippen LogP contribution < -0.4 is 0 Å². The highest BCUT2D eigenvalue weighted by atomic mass is 79.9. The first-order chi connectivity index (χ1) is 6.91. The summed E-state index contributed by atoms with van der Waals surface area (Å²) in [6, 6.07) is 5.74. The van der Waals surface area contributed by atoms with Gasteiger partial charge >= 0.3 is 6.18 Å². The number of alkyl halides is 4. The lowest BCUT2D eigenvalue weighted by Gasteiger charge is -2.12. The first-order valence-corrected chi connectivity index (χ1v) is 5.62. The van der Waals surface area contributed by atoms with Gasteiger partial charge in [0, 0.05) is 4.83 Å². The summed E-state index contributed by atoms with van der Waals surface area (Å²) >= 11 is 3.33. The topological polar surface area (TPSA) is 0 Å². The number of rotatable bonds is 3. The fourth-order valence-electron chi connectivity index (χ4n) is 1.37. The zero-order valence-corrected chi connectivity index (χ0v) is 9.90. The van der Waals surface area contributed by atoms with Gasteiger partial charge in [0.25, 0.3) is 0 Å². The molecular formula is C11H12BrF3. The van der Waals surface area contributed by atoms with E-state index in [2.05, 4.69) is 15.9 Å². The van der Waals surface area contributed by atoms with E-state index >= 15 is 0 Å². The van der Waals surface area contributed by atoms with Gasteiger partial charge < -0.3 is 0 Å². The Morgan fingerprint density at radius 2 is 1.87 bits per heavy atom. The van der Waals surface area contributed by atoms with Crippen LogP contribution in [0.3, 0.4) is 0 Å². The van der Waals surface area contributed by atoms with Gasteiger partial charge in [-0.3, -0.25) is 0 Å². The van der Waals surface area contributed by atoms with Crippen LogP contribution in [0.15, 0.2) is 24.3 Å². The molecule has 0 bridgehead atoms. The smallest absolute Gasteiger partial charge is 0.166 e. The van der Waals surface area contributed by atoms with Crippen molar-refractivity contribution in [3.63, 3.8) is 0 Å². The molecule has 0 fully saturated rings. The molecule has 1 unspecified atom stereocenters. The second-order valence-corrected chi connectivity index (χ2v) is 5.04. The minimum atomic E-state index is -4.24. The number of hydrogen-bond donors (Lipinski definition) is 0. The highest BCUT2D eigenvalue weighted by Gasteiger charge is 2.32. The van der Waals surface area contributed by atoms with Gasteiger partial charge in [-0.25, -0.2) is 0 Å². The average Bonchev–Trinajstić information content (AvgIpc) is 2.13. The van der Waals surface area contributed by atoms with Crippen LogP contribution in [0.5, 0.6) is 0 Å². The van der Waals surface area contributed by atoms with Crippen molar-refractivity contribution in [1.82, 2.24) is 0 Å². The lowest BCUT2D eigenvalue weighted by Crippen LogP contribution is -2.09. The predicted molar refractivity (Wildman–Crippen MR) is 58.2 cm³/mol. The third-order valence-corrected chi connectivity index (χ3v) is 2.59. The van der Waals surface area contributed by atoms with E-state index in [0.717, 1.165) is 6.07 Å². The highest BCUT2D eigenvalue weighted by Crippen LogP contribution is 2.32. The van der Waals surface area contributed by atoms with Crippen molar-refractivity contribution in [3.05, 3.63) is 35.4 Å². The lowest BCUT2D eigenvalue weighted by molar-refractivity contribution is -0.138. The Labute approximate surface area is 95.6 Å². The summed E-state index contributed by atoms with van der Waals surface area (Å²) in [5.74, 6) is 0. The molecule has 0 heterocycles. The summed E-state index contributed by atoms with van der Waals surface area (Å²) in [5, 5.41) is 0. The fourth-order valence-corrected chi connectivity index (χ4v) is 1.60. The van der Waals surface area contributed by atoms with E-state index in [1.54, 1.807) is 6.07 Å². The zero-order chi connectivity index (χ0) is 11.5. The largest absolute Gasteiger partial charge is 0.416 e. The van der Waals surface area contributed by atoms with E-state index in [1.165, 1.54) is 12.1 Å². The Morgan fingerprint density at radius 3 is 2.40 bits per heavy atom. The summed E-state index contributed by atoms with van der Waals surface area (Å²) in [6.45, 7) is 1.93. The maximum absolute atomic E-state index is 12.6. The van der Waals surface area contributed by atoms with Gasteiger partial charge in [-0.1, -0.05) is 41.1 Å². The van der Waals surface area contributed by atoms with Crippen LogP contribution in [0, 0.1) is 0 Å². The van der Waals surface area contributed by atoms with E-state index < -0.39 is 11.7 Å². The molecule has 0 saturated heterocycles. The first kappa shape index (κ1) is 12.6. The van der Waals surface area contributed by atoms with E-state index in [4.69, 9.17) is 0 Å². The number of aryl methyl sites for hydroxylation is 1. The molecule has 0 spiro atoms. The van der Waals surface area contributed by atoms with Gasteiger partial charge in [-0.2, -0.15) is 13.2 Å². The third-order valence-electron chi connectivity index (χ3n) is 2.13. The molecule has 1 aromatic rings. The molecule has 1 rings (SSSR count). The maximum atomic E-state index is 12.6. The van der Waals surface area contributed by atoms with Gasteiger partial charge in [-0.05, 0) is 24.5 Å². The summed E-state index contributed by atoms with van der Waals surface area (Å²) in [5.41, 5.74) is -0.144. The normalized spacial score (nSPS) is 13.9. The monoisotopic (exact) mass is 280 g/mol. The summed E-state index contributed by atoms with van der Waals surface area (Å²) in [6.07, 6.45) is -3.10. The Hall–Kier alpha value is -0.510. The third kappa shape index (κ3) is 3.86. The molecule has 1 aromatic carbocycles. The Kier molecular flexibility index (Phi) is 4.20. The van der Waals surface area contributed by atoms with Crippen molar-refractivity contribution in [2.24, 2.45) is 0 Å². The van der Waals surface area contributed by atoms with E-state index in [0.29, 0.717) is 18.4 Å². The van der Waals surface area contributed by atoms with Crippen molar-refractivity contribution < 1.29 is 13.2 Å². The van der Waals surface area contributed by atoms with Crippen LogP contribution in [0.25, 0.3) is 0 Å². The molecule has 0 nitrogen and oxygen atoms in total. The Bertz CT molecular complexity index is 318. The molecule has 0 aliphatic carbocycles. The molecule has 0 aliphatic heterocycles. The van der Waals surface area contributed by atoms with Crippen molar-refractivity contribution in [3.8, 4) is 0 Å². The van der Waals surface area contributed by atoms with Crippen molar-refractivity contribution in [1.29, 1.82) is 0 Å². The number of benzene rings is 1. The molecule has 0 N–H and O–H groups in total. The molecular weight excluding hydrogens is 269 g/mol. The SMILES string of the molecule is CC(Br)CCc1ccccc1C(F)(F)F. The molecule has 0 aliphatic rings. The summed E-state index contributed by atoms with van der Waals surface area (Å²) in [4.78, 5) is 0.235. The van der Waals surface area contributed by atoms with Gasteiger partial charge in [0.2, 0.25) is 0 Å². The van der Waals surface area contributed by atoms with E-state index in [9.17, 15) is 13.2 Å². The minimum Gasteiger partial charge on any atom is -0.166 e. The van der Waals surface area contributed by atoms with Crippen LogP contribution in [-0.4, -0.2) is 4.83 Å². The van der Waals surface area contributed by atoms with Crippen LogP contribution in [-0.2, 0) is 12.6 Å². The van der Waals surface area contributed by atoms with Gasteiger partial charge in [0.1, 0.15) is 0 Å². The first-order valence-electron chi connectivity index (χ1n) is 4.70. The minimum absolute atomic E-state index is 0.235. The van der Waals surface area contributed by atoms with Crippen LogP contribution in [0.2, 0.25) is 0 Å². The van der Waals surface area contributed by atoms with Crippen LogP contribution in [0.4, 0.5) is 13.2 Å². The van der Waals surface area contributed by atoms with Crippen molar-refractivity contribution >= 4 is 15.9 Å². The molecule has 0 amide bonds. The van der Waals surface area contributed by atoms with E-state index in [-0.39, 0.29) is 4.83 Å². The lowest BCUT2D eigenvalue weighted by atomic mass is 10.0.